The van der Waals surface area contributed by atoms with Crippen LogP contribution in [0.25, 0.3) is 0 Å². The number of hydrogen-bond acceptors (Lipinski definition) is 2. The molecule has 0 bridgehead atoms. The van der Waals surface area contributed by atoms with E-state index in [9.17, 15) is 5.11 Å². The SMILES string of the molecule is CCN1CCCC(O)(c2ccccc2)CC1. The lowest BCUT2D eigenvalue weighted by molar-refractivity contribution is 0.0214. The van der Waals surface area contributed by atoms with Crippen LogP contribution in [0.2, 0.25) is 0 Å². The van der Waals surface area contributed by atoms with Gasteiger partial charge in [-0.2, -0.15) is 0 Å². The van der Waals surface area contributed by atoms with Crippen LogP contribution in [0.5, 0.6) is 0 Å². The van der Waals surface area contributed by atoms with Crippen molar-refractivity contribution in [1.82, 2.24) is 4.90 Å². The lowest BCUT2D eigenvalue weighted by Gasteiger charge is -2.27. The van der Waals surface area contributed by atoms with Crippen molar-refractivity contribution in [2.45, 2.75) is 31.8 Å². The fourth-order valence-corrected chi connectivity index (χ4v) is 2.53. The van der Waals surface area contributed by atoms with Crippen molar-refractivity contribution in [3.05, 3.63) is 35.9 Å². The summed E-state index contributed by atoms with van der Waals surface area (Å²) in [5.74, 6) is 0. The molecule has 0 radical (unpaired) electrons. The number of likely N-dealkylation sites (tertiary alicyclic amines) is 1. The van der Waals surface area contributed by atoms with E-state index in [4.69, 9.17) is 0 Å². The van der Waals surface area contributed by atoms with Crippen molar-refractivity contribution >= 4 is 0 Å². The van der Waals surface area contributed by atoms with Crippen LogP contribution in [0, 0.1) is 0 Å². The zero-order valence-corrected chi connectivity index (χ0v) is 10.0. The van der Waals surface area contributed by atoms with Crippen LogP contribution in [-0.4, -0.2) is 29.6 Å². The van der Waals surface area contributed by atoms with E-state index in [-0.39, 0.29) is 0 Å². The lowest BCUT2D eigenvalue weighted by Crippen LogP contribution is -2.29. The first-order chi connectivity index (χ1) is 7.74. The number of rotatable bonds is 2. The molecule has 1 atom stereocenters. The fraction of sp³-hybridized carbons (Fsp3) is 0.571. The molecule has 0 amide bonds. The Morgan fingerprint density at radius 1 is 1.19 bits per heavy atom. The molecule has 1 unspecified atom stereocenters. The first-order valence-electron chi connectivity index (χ1n) is 6.25. The van der Waals surface area contributed by atoms with Crippen molar-refractivity contribution < 1.29 is 5.11 Å². The van der Waals surface area contributed by atoms with Gasteiger partial charge in [-0.15, -0.1) is 0 Å². The molecular weight excluding hydrogens is 198 g/mol. The lowest BCUT2D eigenvalue weighted by atomic mass is 9.87. The van der Waals surface area contributed by atoms with E-state index < -0.39 is 5.60 Å². The van der Waals surface area contributed by atoms with Gasteiger partial charge >= 0.3 is 0 Å². The normalized spacial score (nSPS) is 27.6. The van der Waals surface area contributed by atoms with E-state index in [1.54, 1.807) is 0 Å². The quantitative estimate of drug-likeness (QED) is 0.825. The van der Waals surface area contributed by atoms with Crippen LogP contribution in [0.3, 0.4) is 0 Å². The highest BCUT2D eigenvalue weighted by molar-refractivity contribution is 5.22. The highest BCUT2D eigenvalue weighted by Gasteiger charge is 2.31. The molecule has 2 nitrogen and oxygen atoms in total. The molecule has 1 saturated heterocycles. The molecule has 2 heteroatoms. The molecule has 1 N–H and O–H groups in total. The first-order valence-corrected chi connectivity index (χ1v) is 6.25. The maximum Gasteiger partial charge on any atom is 0.0909 e. The Balaban J connectivity index is 2.13. The van der Waals surface area contributed by atoms with Gasteiger partial charge in [0.15, 0.2) is 0 Å². The molecule has 1 aliphatic heterocycles. The maximum absolute atomic E-state index is 10.7. The average molecular weight is 219 g/mol. The van der Waals surface area contributed by atoms with Crippen molar-refractivity contribution in [1.29, 1.82) is 0 Å². The average Bonchev–Trinajstić information content (AvgIpc) is 2.53. The molecule has 0 saturated carbocycles. The zero-order chi connectivity index (χ0) is 11.4. The molecule has 0 aliphatic carbocycles. The molecule has 2 rings (SSSR count). The van der Waals surface area contributed by atoms with Crippen LogP contribution in [-0.2, 0) is 5.60 Å². The Kier molecular flexibility index (Phi) is 3.62. The molecular formula is C14H21NO. The van der Waals surface area contributed by atoms with Crippen LogP contribution in [0.15, 0.2) is 30.3 Å². The molecule has 88 valence electrons. The van der Waals surface area contributed by atoms with Crippen molar-refractivity contribution in [2.24, 2.45) is 0 Å². The Hall–Kier alpha value is -0.860. The summed E-state index contributed by atoms with van der Waals surface area (Å²) in [6, 6.07) is 10.1. The highest BCUT2D eigenvalue weighted by atomic mass is 16.3. The van der Waals surface area contributed by atoms with Gasteiger partial charge in [0.05, 0.1) is 5.60 Å². The van der Waals surface area contributed by atoms with Gasteiger partial charge in [0.1, 0.15) is 0 Å². The Bertz CT molecular complexity index is 325. The maximum atomic E-state index is 10.7. The van der Waals surface area contributed by atoms with Crippen LogP contribution < -0.4 is 0 Å². The van der Waals surface area contributed by atoms with Crippen molar-refractivity contribution in [3.63, 3.8) is 0 Å². The Morgan fingerprint density at radius 2 is 1.94 bits per heavy atom. The zero-order valence-electron chi connectivity index (χ0n) is 10.0. The summed E-state index contributed by atoms with van der Waals surface area (Å²) in [5.41, 5.74) is 0.471. The summed E-state index contributed by atoms with van der Waals surface area (Å²) in [6.45, 7) is 5.39. The number of aliphatic hydroxyl groups is 1. The van der Waals surface area contributed by atoms with E-state index in [1.807, 2.05) is 30.3 Å². The predicted molar refractivity (Wildman–Crippen MR) is 66.3 cm³/mol. The predicted octanol–water partition coefficient (Wildman–Crippen LogP) is 2.38. The second kappa shape index (κ2) is 4.98. The number of nitrogens with zero attached hydrogens (tertiary/aromatic N) is 1. The largest absolute Gasteiger partial charge is 0.385 e. The van der Waals surface area contributed by atoms with Gasteiger partial charge in [-0.1, -0.05) is 37.3 Å². The summed E-state index contributed by atoms with van der Waals surface area (Å²) in [4.78, 5) is 2.42. The molecule has 1 heterocycles. The Morgan fingerprint density at radius 3 is 2.62 bits per heavy atom. The van der Waals surface area contributed by atoms with E-state index >= 15 is 0 Å². The van der Waals surface area contributed by atoms with Gasteiger partial charge in [-0.25, -0.2) is 0 Å². The van der Waals surface area contributed by atoms with E-state index in [2.05, 4.69) is 11.8 Å². The van der Waals surface area contributed by atoms with Gasteiger partial charge < -0.3 is 10.0 Å². The van der Waals surface area contributed by atoms with Crippen molar-refractivity contribution in [3.8, 4) is 0 Å². The van der Waals surface area contributed by atoms with Crippen LogP contribution >= 0.6 is 0 Å². The summed E-state index contributed by atoms with van der Waals surface area (Å²) >= 11 is 0. The molecule has 16 heavy (non-hydrogen) atoms. The minimum Gasteiger partial charge on any atom is -0.385 e. The smallest absolute Gasteiger partial charge is 0.0909 e. The third-order valence-corrected chi connectivity index (χ3v) is 3.66. The van der Waals surface area contributed by atoms with Crippen LogP contribution in [0.4, 0.5) is 0 Å². The molecule has 1 fully saturated rings. The van der Waals surface area contributed by atoms with Gasteiger partial charge in [0.2, 0.25) is 0 Å². The summed E-state index contributed by atoms with van der Waals surface area (Å²) in [5, 5.41) is 10.7. The van der Waals surface area contributed by atoms with E-state index in [1.165, 1.54) is 0 Å². The van der Waals surface area contributed by atoms with Gasteiger partial charge in [0.25, 0.3) is 0 Å². The summed E-state index contributed by atoms with van der Waals surface area (Å²) in [6.07, 6.45) is 2.82. The van der Waals surface area contributed by atoms with E-state index in [0.29, 0.717) is 0 Å². The molecule has 1 aromatic rings. The minimum absolute atomic E-state index is 0.606. The third kappa shape index (κ3) is 2.45. The molecule has 1 aromatic carbocycles. The van der Waals surface area contributed by atoms with Gasteiger partial charge in [-0.05, 0) is 37.9 Å². The van der Waals surface area contributed by atoms with E-state index in [0.717, 1.165) is 44.5 Å². The molecule has 0 aromatic heterocycles. The number of hydrogen-bond donors (Lipinski definition) is 1. The summed E-state index contributed by atoms with van der Waals surface area (Å²) < 4.78 is 0. The van der Waals surface area contributed by atoms with Crippen LogP contribution in [0.1, 0.15) is 31.7 Å². The van der Waals surface area contributed by atoms with Gasteiger partial charge in [0, 0.05) is 6.54 Å². The fourth-order valence-electron chi connectivity index (χ4n) is 2.53. The minimum atomic E-state index is -0.606. The van der Waals surface area contributed by atoms with Gasteiger partial charge in [-0.3, -0.25) is 0 Å². The molecule has 0 spiro atoms. The summed E-state index contributed by atoms with van der Waals surface area (Å²) in [7, 11) is 0. The topological polar surface area (TPSA) is 23.5 Å². The van der Waals surface area contributed by atoms with Crippen molar-refractivity contribution in [2.75, 3.05) is 19.6 Å². The number of benzene rings is 1. The second-order valence-electron chi connectivity index (χ2n) is 4.69. The second-order valence-corrected chi connectivity index (χ2v) is 4.69. The Labute approximate surface area is 97.9 Å². The standard InChI is InChI=1S/C14H21NO/c1-2-15-11-6-9-14(16,10-12-15)13-7-4-3-5-8-13/h3-5,7-8,16H,2,6,9-12H2,1H3. The monoisotopic (exact) mass is 219 g/mol. The molecule has 1 aliphatic rings. The third-order valence-electron chi connectivity index (χ3n) is 3.66. The highest BCUT2D eigenvalue weighted by Crippen LogP contribution is 2.32. The first kappa shape index (κ1) is 11.6.